The highest BCUT2D eigenvalue weighted by Crippen LogP contribution is 2.05. The van der Waals surface area contributed by atoms with Gasteiger partial charge >= 0.3 is 0 Å². The van der Waals surface area contributed by atoms with E-state index in [2.05, 4.69) is 6.08 Å². The van der Waals surface area contributed by atoms with Gasteiger partial charge in [0.15, 0.2) is 5.78 Å². The molecule has 1 aliphatic rings. The quantitative estimate of drug-likeness (QED) is 0.458. The number of rotatable bonds is 0. The molecule has 0 aromatic carbocycles. The molecule has 1 rings (SSSR count). The largest absolute Gasteiger partial charge is 0.294 e. The Hall–Kier alpha value is -0.920. The SMILES string of the molecule is O=C1C=C(F)[C]=CC1. The second-order valence-corrected chi connectivity index (χ2v) is 1.51. The number of allylic oxidation sites excluding steroid dienone is 4. The molecule has 0 bridgehead atoms. The zero-order valence-corrected chi connectivity index (χ0v) is 4.15. The molecule has 0 fully saturated rings. The van der Waals surface area contributed by atoms with E-state index in [9.17, 15) is 9.18 Å². The van der Waals surface area contributed by atoms with E-state index in [1.54, 1.807) is 0 Å². The molecule has 2 heteroatoms. The van der Waals surface area contributed by atoms with Gasteiger partial charge in [0.05, 0.1) is 0 Å². The van der Waals surface area contributed by atoms with Crippen LogP contribution in [0.15, 0.2) is 18.0 Å². The maximum absolute atomic E-state index is 11.9. The molecule has 0 heterocycles. The van der Waals surface area contributed by atoms with E-state index in [0.29, 0.717) is 0 Å². The van der Waals surface area contributed by atoms with Gasteiger partial charge in [-0.15, -0.1) is 0 Å². The Morgan fingerprint density at radius 1 is 1.75 bits per heavy atom. The number of hydrogen-bond donors (Lipinski definition) is 0. The van der Waals surface area contributed by atoms with Crippen LogP contribution in [-0.2, 0) is 4.79 Å². The minimum atomic E-state index is -0.568. The first-order valence-corrected chi connectivity index (χ1v) is 2.27. The third-order valence-corrected chi connectivity index (χ3v) is 0.831. The van der Waals surface area contributed by atoms with Gasteiger partial charge in [-0.3, -0.25) is 4.79 Å². The Morgan fingerprint density at radius 3 is 2.88 bits per heavy atom. The lowest BCUT2D eigenvalue weighted by Gasteiger charge is -1.92. The second kappa shape index (κ2) is 1.90. The summed E-state index contributed by atoms with van der Waals surface area (Å²) < 4.78 is 11.9. The van der Waals surface area contributed by atoms with Gasteiger partial charge in [-0.1, -0.05) is 6.08 Å². The monoisotopic (exact) mass is 111 g/mol. The summed E-state index contributed by atoms with van der Waals surface area (Å²) >= 11 is 0. The van der Waals surface area contributed by atoms with E-state index in [-0.39, 0.29) is 12.2 Å². The van der Waals surface area contributed by atoms with Crippen LogP contribution in [0.4, 0.5) is 4.39 Å². The standard InChI is InChI=1S/C6H4FO/c7-5-2-1-3-6(8)4-5/h1,4H,3H2. The average Bonchev–Trinajstić information content (AvgIpc) is 1.64. The van der Waals surface area contributed by atoms with Crippen molar-refractivity contribution in [1.82, 2.24) is 0 Å². The molecule has 0 saturated carbocycles. The van der Waals surface area contributed by atoms with Gasteiger partial charge in [0.25, 0.3) is 0 Å². The van der Waals surface area contributed by atoms with Gasteiger partial charge in [0.1, 0.15) is 5.83 Å². The summed E-state index contributed by atoms with van der Waals surface area (Å²) in [5.41, 5.74) is 0. The van der Waals surface area contributed by atoms with Crippen LogP contribution in [0.3, 0.4) is 0 Å². The van der Waals surface area contributed by atoms with Crippen molar-refractivity contribution in [2.24, 2.45) is 0 Å². The van der Waals surface area contributed by atoms with E-state index in [1.165, 1.54) is 6.08 Å². The van der Waals surface area contributed by atoms with E-state index >= 15 is 0 Å². The average molecular weight is 111 g/mol. The minimum Gasteiger partial charge on any atom is -0.294 e. The number of carbonyl (C=O) groups excluding carboxylic acids is 1. The third-order valence-electron chi connectivity index (χ3n) is 0.831. The first-order chi connectivity index (χ1) is 3.79. The van der Waals surface area contributed by atoms with Gasteiger partial charge in [-0.25, -0.2) is 4.39 Å². The molecule has 1 radical (unpaired) electrons. The summed E-state index contributed by atoms with van der Waals surface area (Å²) in [6.07, 6.45) is 4.88. The van der Waals surface area contributed by atoms with Crippen LogP contribution < -0.4 is 0 Å². The summed E-state index contributed by atoms with van der Waals surface area (Å²) in [6, 6.07) is 0. The molecule has 0 aromatic rings. The predicted octanol–water partition coefficient (Wildman–Crippen LogP) is 1.17. The van der Waals surface area contributed by atoms with Crippen LogP contribution in [0, 0.1) is 6.08 Å². The van der Waals surface area contributed by atoms with Gasteiger partial charge in [-0.05, 0) is 0 Å². The Balaban J connectivity index is 2.77. The highest BCUT2D eigenvalue weighted by Gasteiger charge is 2.01. The van der Waals surface area contributed by atoms with Crippen LogP contribution in [0.25, 0.3) is 0 Å². The van der Waals surface area contributed by atoms with Crippen molar-refractivity contribution < 1.29 is 9.18 Å². The molecular weight excluding hydrogens is 107 g/mol. The first kappa shape index (κ1) is 5.22. The van der Waals surface area contributed by atoms with E-state index in [4.69, 9.17) is 0 Å². The molecule has 0 saturated heterocycles. The molecule has 0 aromatic heterocycles. The summed E-state index contributed by atoms with van der Waals surface area (Å²) in [6.45, 7) is 0. The van der Waals surface area contributed by atoms with Crippen molar-refractivity contribution in [2.45, 2.75) is 6.42 Å². The van der Waals surface area contributed by atoms with Crippen LogP contribution in [0.2, 0.25) is 0 Å². The first-order valence-electron chi connectivity index (χ1n) is 2.27. The highest BCUT2D eigenvalue weighted by atomic mass is 19.1. The molecule has 0 unspecified atom stereocenters. The molecule has 41 valence electrons. The fourth-order valence-corrected chi connectivity index (χ4v) is 0.491. The maximum atomic E-state index is 11.9. The number of ketones is 1. The minimum absolute atomic E-state index is 0.193. The Kier molecular flexibility index (Phi) is 1.24. The van der Waals surface area contributed by atoms with E-state index in [1.807, 2.05) is 0 Å². The second-order valence-electron chi connectivity index (χ2n) is 1.51. The molecule has 0 spiro atoms. The van der Waals surface area contributed by atoms with Crippen LogP contribution in [0.5, 0.6) is 0 Å². The maximum Gasteiger partial charge on any atom is 0.162 e. The van der Waals surface area contributed by atoms with Crippen LogP contribution in [-0.4, -0.2) is 5.78 Å². The van der Waals surface area contributed by atoms with Crippen molar-refractivity contribution in [3.8, 4) is 0 Å². The van der Waals surface area contributed by atoms with Gasteiger partial charge in [0.2, 0.25) is 0 Å². The summed E-state index contributed by atoms with van der Waals surface area (Å²) in [5, 5.41) is 0. The lowest BCUT2D eigenvalue weighted by Crippen LogP contribution is -1.94. The fraction of sp³-hybridized carbons (Fsp3) is 0.167. The molecule has 1 aliphatic carbocycles. The number of carbonyl (C=O) groups is 1. The molecule has 0 atom stereocenters. The Bertz CT molecular complexity index is 167. The van der Waals surface area contributed by atoms with Gasteiger partial charge in [0, 0.05) is 18.6 Å². The zero-order valence-electron chi connectivity index (χ0n) is 4.15. The Morgan fingerprint density at radius 2 is 2.50 bits per heavy atom. The van der Waals surface area contributed by atoms with Crippen molar-refractivity contribution in [3.63, 3.8) is 0 Å². The summed E-state index contributed by atoms with van der Waals surface area (Å²) in [5.74, 6) is -0.762. The van der Waals surface area contributed by atoms with Crippen molar-refractivity contribution in [1.29, 1.82) is 0 Å². The topological polar surface area (TPSA) is 17.1 Å². The van der Waals surface area contributed by atoms with E-state index < -0.39 is 5.83 Å². The third kappa shape index (κ3) is 1.03. The molecule has 8 heavy (non-hydrogen) atoms. The lowest BCUT2D eigenvalue weighted by atomic mass is 10.2. The molecule has 0 N–H and O–H groups in total. The van der Waals surface area contributed by atoms with Crippen molar-refractivity contribution >= 4 is 5.78 Å². The van der Waals surface area contributed by atoms with Crippen LogP contribution in [0.1, 0.15) is 6.42 Å². The Labute approximate surface area is 46.5 Å². The lowest BCUT2D eigenvalue weighted by molar-refractivity contribution is -0.114. The normalized spacial score (nSPS) is 18.6. The highest BCUT2D eigenvalue weighted by molar-refractivity contribution is 5.92. The molecular formula is C6H4FO. The smallest absolute Gasteiger partial charge is 0.162 e. The molecule has 0 aliphatic heterocycles. The summed E-state index contributed by atoms with van der Waals surface area (Å²) in [4.78, 5) is 10.3. The zero-order chi connectivity index (χ0) is 5.98. The van der Waals surface area contributed by atoms with Gasteiger partial charge in [-0.2, -0.15) is 0 Å². The predicted molar refractivity (Wildman–Crippen MR) is 26.6 cm³/mol. The summed E-state index contributed by atoms with van der Waals surface area (Å²) in [7, 11) is 0. The van der Waals surface area contributed by atoms with Crippen molar-refractivity contribution in [3.05, 3.63) is 24.1 Å². The fourth-order valence-electron chi connectivity index (χ4n) is 0.491. The van der Waals surface area contributed by atoms with Crippen LogP contribution >= 0.6 is 0 Å². The molecule has 1 nitrogen and oxygen atoms in total. The van der Waals surface area contributed by atoms with E-state index in [0.717, 1.165) is 6.08 Å². The number of hydrogen-bond acceptors (Lipinski definition) is 1. The number of halogens is 1. The molecule has 0 amide bonds. The van der Waals surface area contributed by atoms with Crippen molar-refractivity contribution in [2.75, 3.05) is 0 Å². The van der Waals surface area contributed by atoms with Gasteiger partial charge < -0.3 is 0 Å².